The first-order valence-electron chi connectivity index (χ1n) is 5.79. The van der Waals surface area contributed by atoms with Crippen molar-refractivity contribution in [1.82, 2.24) is 15.1 Å². The van der Waals surface area contributed by atoms with E-state index in [9.17, 15) is 18.5 Å². The highest BCUT2D eigenvalue weighted by molar-refractivity contribution is 7.91. The van der Waals surface area contributed by atoms with Crippen LogP contribution in [0.15, 0.2) is 54.2 Å². The molecule has 0 N–H and O–H groups in total. The Morgan fingerprint density at radius 2 is 2.00 bits per heavy atom. The van der Waals surface area contributed by atoms with Gasteiger partial charge in [-0.25, -0.2) is 8.42 Å². The maximum absolute atomic E-state index is 11.3. The van der Waals surface area contributed by atoms with Crippen LogP contribution in [-0.4, -0.2) is 34.3 Å². The minimum Gasteiger partial charge on any atom is -0.339 e. The molecule has 0 aliphatic heterocycles. The largest absolute Gasteiger partial charge is 0.339 e. The molecule has 0 aliphatic carbocycles. The average Bonchev–Trinajstić information content (AvgIpc) is 2.90. The molecule has 0 bridgehead atoms. The molecule has 112 valence electrons. The zero-order valence-corrected chi connectivity index (χ0v) is 12.1. The molecule has 1 heterocycles. The van der Waals surface area contributed by atoms with Gasteiger partial charge in [-0.15, -0.1) is 6.58 Å². The van der Waals surface area contributed by atoms with Gasteiger partial charge < -0.3 is 10.1 Å². The number of rotatable bonds is 4. The summed E-state index contributed by atoms with van der Waals surface area (Å²) in [7, 11) is -3.76. The van der Waals surface area contributed by atoms with Crippen molar-refractivity contribution in [3.8, 4) is 0 Å². The predicted octanol–water partition coefficient (Wildman–Crippen LogP) is 1.27. The lowest BCUT2D eigenvalue weighted by Crippen LogP contribution is -2.18. The van der Waals surface area contributed by atoms with Crippen LogP contribution in [0.1, 0.15) is 5.56 Å². The molecule has 1 aromatic carbocycles. The highest BCUT2D eigenvalue weighted by Gasteiger charge is 2.25. The molecule has 2 rings (SSSR count). The van der Waals surface area contributed by atoms with Crippen LogP contribution >= 0.6 is 0 Å². The Hall–Kier alpha value is -2.55. The first-order chi connectivity index (χ1) is 9.88. The molecule has 0 atom stereocenters. The van der Waals surface area contributed by atoms with Crippen molar-refractivity contribution < 1.29 is 13.5 Å². The first kappa shape index (κ1) is 16.5. The van der Waals surface area contributed by atoms with Gasteiger partial charge in [-0.1, -0.05) is 42.0 Å². The number of benzene rings is 1. The van der Waals surface area contributed by atoms with Crippen molar-refractivity contribution >= 4 is 9.84 Å². The predicted molar refractivity (Wildman–Crippen MR) is 75.8 cm³/mol. The summed E-state index contributed by atoms with van der Waals surface area (Å²) in [5, 5.41) is 15.0. The third-order valence-corrected chi connectivity index (χ3v) is 3.83. The quantitative estimate of drug-likeness (QED) is 0.478. The smallest absolute Gasteiger partial charge is 0.248 e. The summed E-state index contributed by atoms with van der Waals surface area (Å²) in [4.78, 5) is 10.4. The number of nitrogens with zero attached hydrogens (tertiary/aromatic N) is 4. The Labute approximate surface area is 121 Å². The van der Waals surface area contributed by atoms with Gasteiger partial charge in [-0.3, -0.25) is 0 Å². The molecule has 21 heavy (non-hydrogen) atoms. The summed E-state index contributed by atoms with van der Waals surface area (Å²) in [6, 6.07) is 10.3. The molecule has 9 heteroatoms. The second-order valence-electron chi connectivity index (χ2n) is 3.92. The summed E-state index contributed by atoms with van der Waals surface area (Å²) in [6.45, 7) is 5.31. The van der Waals surface area contributed by atoms with Crippen LogP contribution in [0.5, 0.6) is 0 Å². The third-order valence-electron chi connectivity index (χ3n) is 2.25. The fourth-order valence-corrected chi connectivity index (χ4v) is 2.35. The summed E-state index contributed by atoms with van der Waals surface area (Å²) >= 11 is 0. The monoisotopic (exact) mass is 310 g/mol. The SMILES string of the molecule is C=CCS(=O)(=O)c1cnnn1[N+](=O)[O-].Cc1ccccc1. The van der Waals surface area contributed by atoms with Gasteiger partial charge in [0, 0.05) is 0 Å². The van der Waals surface area contributed by atoms with Gasteiger partial charge in [0.15, 0.2) is 5.21 Å². The van der Waals surface area contributed by atoms with Gasteiger partial charge >= 0.3 is 0 Å². The molecular weight excluding hydrogens is 296 g/mol. The van der Waals surface area contributed by atoms with E-state index in [1.165, 1.54) is 5.56 Å². The van der Waals surface area contributed by atoms with Crippen molar-refractivity contribution in [3.63, 3.8) is 0 Å². The fraction of sp³-hybridized carbons (Fsp3) is 0.167. The van der Waals surface area contributed by atoms with Crippen molar-refractivity contribution in [2.45, 2.75) is 11.9 Å². The van der Waals surface area contributed by atoms with Gasteiger partial charge in [0.2, 0.25) is 14.9 Å². The van der Waals surface area contributed by atoms with Crippen molar-refractivity contribution in [1.29, 1.82) is 0 Å². The molecule has 0 aliphatic rings. The van der Waals surface area contributed by atoms with Crippen LogP contribution in [0.4, 0.5) is 0 Å². The summed E-state index contributed by atoms with van der Waals surface area (Å²) in [6.07, 6.45) is 1.95. The topological polar surface area (TPSA) is 108 Å². The molecule has 8 nitrogen and oxygen atoms in total. The summed E-state index contributed by atoms with van der Waals surface area (Å²) < 4.78 is 22.7. The van der Waals surface area contributed by atoms with Gasteiger partial charge in [-0.2, -0.15) is 0 Å². The number of nitro groups is 1. The molecule has 0 radical (unpaired) electrons. The molecule has 0 saturated heterocycles. The lowest BCUT2D eigenvalue weighted by Gasteiger charge is -1.97. The molecule has 0 fully saturated rings. The molecule has 0 saturated carbocycles. The van der Waals surface area contributed by atoms with Crippen LogP contribution < -0.4 is 0 Å². The second kappa shape index (κ2) is 7.29. The van der Waals surface area contributed by atoms with Crippen LogP contribution in [0, 0.1) is 17.0 Å². The minimum absolute atomic E-state index is 0.110. The lowest BCUT2D eigenvalue weighted by atomic mass is 10.2. The van der Waals surface area contributed by atoms with Crippen LogP contribution in [0.2, 0.25) is 0 Å². The number of hydrogen-bond acceptors (Lipinski definition) is 6. The Kier molecular flexibility index (Phi) is 5.73. The zero-order chi connectivity index (χ0) is 15.9. The maximum Gasteiger partial charge on any atom is 0.248 e. The van der Waals surface area contributed by atoms with E-state index < -0.39 is 25.6 Å². The average molecular weight is 310 g/mol. The normalized spacial score (nSPS) is 10.3. The summed E-state index contributed by atoms with van der Waals surface area (Å²) in [5.74, 6) is -0.395. The highest BCUT2D eigenvalue weighted by atomic mass is 32.2. The molecule has 0 unspecified atom stereocenters. The number of aryl methyl sites for hydroxylation is 1. The molecule has 1 aromatic heterocycles. The maximum atomic E-state index is 11.3. The van der Waals surface area contributed by atoms with Crippen molar-refractivity contribution in [3.05, 3.63) is 64.9 Å². The highest BCUT2D eigenvalue weighted by Crippen LogP contribution is 2.08. The molecule has 0 spiro atoms. The van der Waals surface area contributed by atoms with E-state index in [-0.39, 0.29) is 4.79 Å². The Balaban J connectivity index is 0.000000262. The zero-order valence-electron chi connectivity index (χ0n) is 11.3. The van der Waals surface area contributed by atoms with E-state index in [0.29, 0.717) is 0 Å². The minimum atomic E-state index is -3.76. The lowest BCUT2D eigenvalue weighted by molar-refractivity contribution is -0.560. The summed E-state index contributed by atoms with van der Waals surface area (Å²) in [5.41, 5.74) is 1.32. The second-order valence-corrected chi connectivity index (χ2v) is 5.91. The van der Waals surface area contributed by atoms with Crippen LogP contribution in [0.25, 0.3) is 0 Å². The Bertz CT molecular complexity index is 710. The van der Waals surface area contributed by atoms with Crippen molar-refractivity contribution in [2.75, 3.05) is 5.75 Å². The van der Waals surface area contributed by atoms with E-state index >= 15 is 0 Å². The number of aromatic nitrogens is 3. The van der Waals surface area contributed by atoms with E-state index in [2.05, 4.69) is 35.9 Å². The number of hydrogen-bond donors (Lipinski definition) is 0. The number of sulfone groups is 1. The standard InChI is InChI=1S/C7H8.C5H6N4O4S/c1-7-5-3-2-4-6-7;1-2-3-14(12,13)5-4-6-7-8(5)9(10)11/h2-6H,1H3;2,4H,1,3H2. The third kappa shape index (κ3) is 4.80. The van der Waals surface area contributed by atoms with E-state index in [1.807, 2.05) is 18.2 Å². The van der Waals surface area contributed by atoms with E-state index in [1.54, 1.807) is 0 Å². The van der Waals surface area contributed by atoms with E-state index in [4.69, 9.17) is 0 Å². The van der Waals surface area contributed by atoms with E-state index in [0.717, 1.165) is 12.3 Å². The van der Waals surface area contributed by atoms with Gasteiger partial charge in [0.25, 0.3) is 0 Å². The van der Waals surface area contributed by atoms with Gasteiger partial charge in [0.05, 0.1) is 15.6 Å². The molecule has 0 amide bonds. The fourth-order valence-electron chi connectivity index (χ4n) is 1.31. The first-order valence-corrected chi connectivity index (χ1v) is 7.44. The molecular formula is C12H14N4O4S. The molecule has 2 aromatic rings. The Morgan fingerprint density at radius 3 is 2.43 bits per heavy atom. The van der Waals surface area contributed by atoms with Gasteiger partial charge in [-0.05, 0) is 12.0 Å². The van der Waals surface area contributed by atoms with Crippen molar-refractivity contribution in [2.24, 2.45) is 0 Å². The van der Waals surface area contributed by atoms with Gasteiger partial charge in [0.1, 0.15) is 6.20 Å². The van der Waals surface area contributed by atoms with Crippen LogP contribution in [-0.2, 0) is 9.84 Å². The Morgan fingerprint density at radius 1 is 1.38 bits per heavy atom. The van der Waals surface area contributed by atoms with Crippen LogP contribution in [0.3, 0.4) is 0 Å².